The quantitative estimate of drug-likeness (QED) is 0.788. The number of para-hydroxylation sites is 1. The number of likely N-dealkylation sites (tertiary alicyclic amines) is 1. The number of alkyl halides is 1. The summed E-state index contributed by atoms with van der Waals surface area (Å²) in [5.74, 6) is -1.98. The van der Waals surface area contributed by atoms with Crippen molar-refractivity contribution in [3.8, 4) is 0 Å². The second kappa shape index (κ2) is 7.78. The summed E-state index contributed by atoms with van der Waals surface area (Å²) in [4.78, 5) is 30.0. The molecule has 1 atom stereocenters. The van der Waals surface area contributed by atoms with Crippen molar-refractivity contribution in [2.24, 2.45) is 11.3 Å². The van der Waals surface area contributed by atoms with Crippen LogP contribution >= 0.6 is 11.3 Å². The molecule has 0 spiro atoms. The zero-order valence-electron chi connectivity index (χ0n) is 15.8. The second-order valence-corrected chi connectivity index (χ2v) is 9.40. The summed E-state index contributed by atoms with van der Waals surface area (Å²) in [6.07, 6.45) is 4.81. The number of nitrogens with zero attached hydrogens (tertiary/aromatic N) is 2. The van der Waals surface area contributed by atoms with Gasteiger partial charge in [0, 0.05) is 31.8 Å². The number of carboxylic acid groups (broad SMARTS) is 1. The van der Waals surface area contributed by atoms with Crippen molar-refractivity contribution in [3.05, 3.63) is 29.3 Å². The molecule has 1 unspecified atom stereocenters. The summed E-state index contributed by atoms with van der Waals surface area (Å²) in [6, 6.07) is 8.09. The molecule has 1 amide bonds. The molecule has 5 nitrogen and oxygen atoms in total. The topological polar surface area (TPSA) is 70.5 Å². The van der Waals surface area contributed by atoms with Crippen molar-refractivity contribution in [2.75, 3.05) is 13.1 Å². The number of carbonyl (C=O) groups is 2. The van der Waals surface area contributed by atoms with Gasteiger partial charge >= 0.3 is 5.97 Å². The maximum Gasteiger partial charge on any atom is 0.338 e. The molecular formula is C21H25FN2O3S. The minimum Gasteiger partial charge on any atom is -0.479 e. The number of carbonyl (C=O) groups excluding carboxylic acids is 1. The Balaban J connectivity index is 1.44. The largest absolute Gasteiger partial charge is 0.479 e. The molecule has 7 heteroatoms. The van der Waals surface area contributed by atoms with Crippen molar-refractivity contribution in [2.45, 2.75) is 51.1 Å². The van der Waals surface area contributed by atoms with Crippen LogP contribution < -0.4 is 0 Å². The lowest BCUT2D eigenvalue weighted by molar-refractivity contribution is -0.153. The monoisotopic (exact) mass is 404 g/mol. The van der Waals surface area contributed by atoms with Crippen LogP contribution in [0.3, 0.4) is 0 Å². The Morgan fingerprint density at radius 1 is 1.25 bits per heavy atom. The number of amides is 1. The fraction of sp³-hybridized carbons (Fsp3) is 0.571. The molecule has 2 heterocycles. The fourth-order valence-corrected chi connectivity index (χ4v) is 5.71. The molecular weight excluding hydrogens is 379 g/mol. The van der Waals surface area contributed by atoms with Gasteiger partial charge in [-0.15, -0.1) is 11.3 Å². The molecule has 1 aromatic heterocycles. The number of hydrogen-bond donors (Lipinski definition) is 1. The zero-order valence-corrected chi connectivity index (χ0v) is 16.6. The molecule has 4 rings (SSSR count). The van der Waals surface area contributed by atoms with E-state index in [2.05, 4.69) is 6.07 Å². The van der Waals surface area contributed by atoms with Gasteiger partial charge in [0.25, 0.3) is 0 Å². The van der Waals surface area contributed by atoms with Crippen molar-refractivity contribution in [1.82, 2.24) is 9.88 Å². The maximum atomic E-state index is 13.6. The number of halogens is 1. The van der Waals surface area contributed by atoms with Gasteiger partial charge in [0.05, 0.1) is 15.2 Å². The second-order valence-electron chi connectivity index (χ2n) is 8.29. The Labute approximate surface area is 167 Å². The van der Waals surface area contributed by atoms with Gasteiger partial charge in [-0.2, -0.15) is 0 Å². The Hall–Kier alpha value is -2.02. The van der Waals surface area contributed by atoms with Gasteiger partial charge in [-0.05, 0) is 30.4 Å². The van der Waals surface area contributed by atoms with Crippen molar-refractivity contribution >= 4 is 33.4 Å². The summed E-state index contributed by atoms with van der Waals surface area (Å²) in [5, 5.41) is 9.86. The van der Waals surface area contributed by atoms with E-state index in [1.807, 2.05) is 18.2 Å². The van der Waals surface area contributed by atoms with Crippen LogP contribution in [0.1, 0.15) is 43.5 Å². The minimum atomic E-state index is -1.88. The SMILES string of the molecule is O=C(O)C(F)C1CN(C(=O)CC2(Cc3nc4ccccc4s3)CCCCC2)C1. The number of fused-ring (bicyclic) bond motifs is 1. The molecule has 2 aliphatic rings. The molecule has 1 saturated heterocycles. The Bertz CT molecular complexity index is 838. The van der Waals surface area contributed by atoms with Crippen molar-refractivity contribution in [1.29, 1.82) is 0 Å². The summed E-state index contributed by atoms with van der Waals surface area (Å²) in [7, 11) is 0. The van der Waals surface area contributed by atoms with Gasteiger partial charge in [0.15, 0.2) is 0 Å². The van der Waals surface area contributed by atoms with E-state index in [4.69, 9.17) is 10.1 Å². The number of benzene rings is 1. The van der Waals surface area contributed by atoms with Crippen molar-refractivity contribution < 1.29 is 19.1 Å². The standard InChI is InChI=1S/C21H25FN2O3S/c22-19(20(26)27)14-12-24(13-14)18(25)11-21(8-4-1-5-9-21)10-17-23-15-6-2-3-7-16(15)28-17/h2-3,6-7,14,19H,1,4-5,8-13H2,(H,26,27). The highest BCUT2D eigenvalue weighted by Crippen LogP contribution is 2.44. The van der Waals surface area contributed by atoms with E-state index in [0.717, 1.165) is 42.6 Å². The van der Waals surface area contributed by atoms with Gasteiger partial charge in [-0.3, -0.25) is 4.79 Å². The first-order chi connectivity index (χ1) is 13.5. The van der Waals surface area contributed by atoms with E-state index in [9.17, 15) is 14.0 Å². The maximum absolute atomic E-state index is 13.6. The molecule has 2 aromatic rings. The molecule has 28 heavy (non-hydrogen) atoms. The van der Waals surface area contributed by atoms with Crippen LogP contribution in [0, 0.1) is 11.3 Å². The minimum absolute atomic E-state index is 0.0249. The van der Waals surface area contributed by atoms with E-state index in [1.165, 1.54) is 11.1 Å². The lowest BCUT2D eigenvalue weighted by Crippen LogP contribution is -2.55. The average Bonchev–Trinajstić information content (AvgIpc) is 3.02. The smallest absolute Gasteiger partial charge is 0.338 e. The van der Waals surface area contributed by atoms with Crippen LogP contribution in [-0.4, -0.2) is 46.1 Å². The summed E-state index contributed by atoms with van der Waals surface area (Å²) >= 11 is 1.70. The van der Waals surface area contributed by atoms with Crippen LogP contribution in [0.15, 0.2) is 24.3 Å². The fourth-order valence-electron chi connectivity index (χ4n) is 4.57. The first-order valence-corrected chi connectivity index (χ1v) is 10.8. The van der Waals surface area contributed by atoms with E-state index >= 15 is 0 Å². The molecule has 2 fully saturated rings. The Morgan fingerprint density at radius 3 is 2.64 bits per heavy atom. The van der Waals surface area contributed by atoms with Crippen LogP contribution in [0.4, 0.5) is 4.39 Å². The first-order valence-electron chi connectivity index (χ1n) is 9.95. The van der Waals surface area contributed by atoms with Crippen molar-refractivity contribution in [3.63, 3.8) is 0 Å². The predicted molar refractivity (Wildman–Crippen MR) is 106 cm³/mol. The van der Waals surface area contributed by atoms with Gasteiger partial charge < -0.3 is 10.0 Å². The number of hydrogen-bond acceptors (Lipinski definition) is 4. The molecule has 0 radical (unpaired) electrons. The van der Waals surface area contributed by atoms with Crippen LogP contribution in [0.5, 0.6) is 0 Å². The number of carboxylic acids is 1. The number of aromatic nitrogens is 1. The first kappa shape index (κ1) is 19.3. The van der Waals surface area contributed by atoms with Crippen LogP contribution in [0.2, 0.25) is 0 Å². The van der Waals surface area contributed by atoms with E-state index < -0.39 is 18.1 Å². The van der Waals surface area contributed by atoms with E-state index in [1.54, 1.807) is 16.2 Å². The highest BCUT2D eigenvalue weighted by atomic mass is 32.1. The normalized spacial score (nSPS) is 20.7. The highest BCUT2D eigenvalue weighted by molar-refractivity contribution is 7.18. The van der Waals surface area contributed by atoms with E-state index in [0.29, 0.717) is 6.42 Å². The lowest BCUT2D eigenvalue weighted by atomic mass is 9.69. The number of rotatable bonds is 6. The Kier molecular flexibility index (Phi) is 5.36. The van der Waals surface area contributed by atoms with Gasteiger partial charge in [-0.25, -0.2) is 14.2 Å². The average molecular weight is 405 g/mol. The summed E-state index contributed by atoms with van der Waals surface area (Å²) in [6.45, 7) is 0.424. The van der Waals surface area contributed by atoms with Gasteiger partial charge in [-0.1, -0.05) is 31.4 Å². The number of aliphatic carboxylic acids is 1. The molecule has 1 aromatic carbocycles. The molecule has 1 saturated carbocycles. The van der Waals surface area contributed by atoms with Gasteiger partial charge in [0.2, 0.25) is 12.1 Å². The molecule has 0 bridgehead atoms. The summed E-state index contributed by atoms with van der Waals surface area (Å²) < 4.78 is 14.8. The molecule has 1 aliphatic heterocycles. The Morgan fingerprint density at radius 2 is 1.96 bits per heavy atom. The highest BCUT2D eigenvalue weighted by Gasteiger charge is 2.43. The van der Waals surface area contributed by atoms with Crippen LogP contribution in [0.25, 0.3) is 10.2 Å². The molecule has 1 N–H and O–H groups in total. The third-order valence-corrected chi connectivity index (χ3v) is 7.25. The van der Waals surface area contributed by atoms with E-state index in [-0.39, 0.29) is 24.4 Å². The third-order valence-electron chi connectivity index (χ3n) is 6.22. The predicted octanol–water partition coefficient (Wildman–Crippen LogP) is 4.06. The third kappa shape index (κ3) is 3.90. The van der Waals surface area contributed by atoms with Crippen LogP contribution in [-0.2, 0) is 16.0 Å². The molecule has 1 aliphatic carbocycles. The lowest BCUT2D eigenvalue weighted by Gasteiger charge is -2.43. The van der Waals surface area contributed by atoms with Gasteiger partial charge in [0.1, 0.15) is 0 Å². The molecule has 150 valence electrons. The summed E-state index contributed by atoms with van der Waals surface area (Å²) in [5.41, 5.74) is 0.920. The number of thiazole rings is 1. The zero-order chi connectivity index (χ0) is 19.7.